The summed E-state index contributed by atoms with van der Waals surface area (Å²) in [4.78, 5) is 2.29. The first-order valence-electron chi connectivity index (χ1n) is 5.53. The van der Waals surface area contributed by atoms with E-state index in [-0.39, 0.29) is 11.5 Å². The van der Waals surface area contributed by atoms with Crippen molar-refractivity contribution in [3.63, 3.8) is 0 Å². The van der Waals surface area contributed by atoms with Crippen molar-refractivity contribution in [2.24, 2.45) is 0 Å². The van der Waals surface area contributed by atoms with Gasteiger partial charge in [-0.15, -0.1) is 0 Å². The number of nitrogen functional groups attached to an aromatic ring is 1. The molecule has 0 aliphatic carbocycles. The molecule has 1 aliphatic rings. The summed E-state index contributed by atoms with van der Waals surface area (Å²) in [6.45, 7) is 4.94. The van der Waals surface area contributed by atoms with E-state index in [1.807, 2.05) is 23.9 Å². The first-order chi connectivity index (χ1) is 7.66. The van der Waals surface area contributed by atoms with Crippen molar-refractivity contribution in [3.8, 4) is 0 Å². The molecule has 0 spiro atoms. The SMILES string of the molecule is CC1CN(Cc2cccc(N)c2F)CCS1. The molecule has 1 saturated heterocycles. The van der Waals surface area contributed by atoms with Crippen LogP contribution in [0.1, 0.15) is 12.5 Å². The molecule has 2 rings (SSSR count). The first kappa shape index (κ1) is 11.7. The third kappa shape index (κ3) is 2.68. The minimum absolute atomic E-state index is 0.247. The second-order valence-electron chi connectivity index (χ2n) is 4.24. The average molecular weight is 240 g/mol. The highest BCUT2D eigenvalue weighted by atomic mass is 32.2. The third-order valence-electron chi connectivity index (χ3n) is 2.83. The quantitative estimate of drug-likeness (QED) is 0.805. The molecule has 1 aromatic rings. The van der Waals surface area contributed by atoms with E-state index in [2.05, 4.69) is 11.8 Å². The lowest BCUT2D eigenvalue weighted by atomic mass is 10.1. The summed E-state index contributed by atoms with van der Waals surface area (Å²) in [7, 11) is 0. The fourth-order valence-electron chi connectivity index (χ4n) is 2.00. The molecule has 0 amide bonds. The monoisotopic (exact) mass is 240 g/mol. The van der Waals surface area contributed by atoms with Crippen LogP contribution in [0.2, 0.25) is 0 Å². The van der Waals surface area contributed by atoms with E-state index in [4.69, 9.17) is 5.73 Å². The summed E-state index contributed by atoms with van der Waals surface area (Å²) < 4.78 is 13.7. The zero-order valence-electron chi connectivity index (χ0n) is 9.45. The zero-order valence-corrected chi connectivity index (χ0v) is 10.3. The number of halogens is 1. The maximum atomic E-state index is 13.7. The lowest BCUT2D eigenvalue weighted by Gasteiger charge is -2.30. The van der Waals surface area contributed by atoms with Crippen LogP contribution < -0.4 is 5.73 Å². The largest absolute Gasteiger partial charge is 0.396 e. The topological polar surface area (TPSA) is 29.3 Å². The van der Waals surface area contributed by atoms with Crippen molar-refractivity contribution < 1.29 is 4.39 Å². The fraction of sp³-hybridized carbons (Fsp3) is 0.500. The van der Waals surface area contributed by atoms with Crippen molar-refractivity contribution in [2.45, 2.75) is 18.7 Å². The molecule has 1 heterocycles. The summed E-state index contributed by atoms with van der Waals surface area (Å²) in [5.74, 6) is 0.874. The number of thioether (sulfide) groups is 1. The number of rotatable bonds is 2. The van der Waals surface area contributed by atoms with Crippen molar-refractivity contribution in [1.29, 1.82) is 0 Å². The molecule has 4 heteroatoms. The molecule has 0 saturated carbocycles. The van der Waals surface area contributed by atoms with Crippen LogP contribution in [0.3, 0.4) is 0 Å². The zero-order chi connectivity index (χ0) is 11.5. The van der Waals surface area contributed by atoms with Crippen LogP contribution in [0.5, 0.6) is 0 Å². The van der Waals surface area contributed by atoms with Gasteiger partial charge in [0.25, 0.3) is 0 Å². The van der Waals surface area contributed by atoms with Crippen molar-refractivity contribution in [3.05, 3.63) is 29.6 Å². The number of hydrogen-bond acceptors (Lipinski definition) is 3. The van der Waals surface area contributed by atoms with Gasteiger partial charge in [-0.25, -0.2) is 4.39 Å². The van der Waals surface area contributed by atoms with Gasteiger partial charge in [-0.3, -0.25) is 4.90 Å². The van der Waals surface area contributed by atoms with Gasteiger partial charge in [-0.05, 0) is 6.07 Å². The summed E-state index contributed by atoms with van der Waals surface area (Å²) in [6.07, 6.45) is 0. The predicted octanol–water partition coefficient (Wildman–Crippen LogP) is 2.35. The Labute approximate surface area is 100 Å². The van der Waals surface area contributed by atoms with E-state index in [1.54, 1.807) is 6.07 Å². The number of benzene rings is 1. The molecular formula is C12H17FN2S. The third-order valence-corrected chi connectivity index (χ3v) is 3.96. The van der Waals surface area contributed by atoms with Gasteiger partial charge in [0.15, 0.2) is 5.82 Å². The first-order valence-corrected chi connectivity index (χ1v) is 6.58. The highest BCUT2D eigenvalue weighted by Crippen LogP contribution is 2.21. The molecule has 16 heavy (non-hydrogen) atoms. The van der Waals surface area contributed by atoms with Crippen LogP contribution in [0, 0.1) is 5.82 Å². The van der Waals surface area contributed by atoms with Crippen LogP contribution >= 0.6 is 11.8 Å². The van der Waals surface area contributed by atoms with Crippen LogP contribution in [-0.4, -0.2) is 29.0 Å². The van der Waals surface area contributed by atoms with Gasteiger partial charge in [-0.2, -0.15) is 11.8 Å². The van der Waals surface area contributed by atoms with Crippen molar-refractivity contribution >= 4 is 17.4 Å². The van der Waals surface area contributed by atoms with Gasteiger partial charge in [0.1, 0.15) is 0 Å². The van der Waals surface area contributed by atoms with E-state index in [9.17, 15) is 4.39 Å². The van der Waals surface area contributed by atoms with E-state index in [1.165, 1.54) is 0 Å². The normalized spacial score (nSPS) is 22.2. The Morgan fingerprint density at radius 3 is 3.12 bits per heavy atom. The average Bonchev–Trinajstić information content (AvgIpc) is 2.25. The fourth-order valence-corrected chi connectivity index (χ4v) is 3.08. The molecule has 0 radical (unpaired) electrons. The molecule has 2 nitrogen and oxygen atoms in total. The molecule has 1 fully saturated rings. The number of anilines is 1. The van der Waals surface area contributed by atoms with Crippen molar-refractivity contribution in [1.82, 2.24) is 4.90 Å². The van der Waals surface area contributed by atoms with Crippen LogP contribution in [0.25, 0.3) is 0 Å². The maximum absolute atomic E-state index is 13.7. The minimum atomic E-state index is -0.256. The Kier molecular flexibility index (Phi) is 3.71. The van der Waals surface area contributed by atoms with E-state index in [0.717, 1.165) is 18.8 Å². The maximum Gasteiger partial charge on any atom is 0.150 e. The van der Waals surface area contributed by atoms with Gasteiger partial charge in [0.05, 0.1) is 5.69 Å². The molecular weight excluding hydrogens is 223 g/mol. The van der Waals surface area contributed by atoms with E-state index < -0.39 is 0 Å². The van der Waals surface area contributed by atoms with Crippen LogP contribution in [-0.2, 0) is 6.54 Å². The molecule has 1 aliphatic heterocycles. The van der Waals surface area contributed by atoms with Crippen LogP contribution in [0.15, 0.2) is 18.2 Å². The second-order valence-corrected chi connectivity index (χ2v) is 5.78. The molecule has 2 N–H and O–H groups in total. The standard InChI is InChI=1S/C12H17FN2S/c1-9-7-15(5-6-16-9)8-10-3-2-4-11(14)12(10)13/h2-4,9H,5-8,14H2,1H3. The Morgan fingerprint density at radius 2 is 2.38 bits per heavy atom. The molecule has 88 valence electrons. The predicted molar refractivity (Wildman–Crippen MR) is 68.0 cm³/mol. The van der Waals surface area contributed by atoms with Crippen molar-refractivity contribution in [2.75, 3.05) is 24.6 Å². The minimum Gasteiger partial charge on any atom is -0.396 e. The highest BCUT2D eigenvalue weighted by Gasteiger charge is 2.18. The van der Waals surface area contributed by atoms with Crippen LogP contribution in [0.4, 0.5) is 10.1 Å². The summed E-state index contributed by atoms with van der Waals surface area (Å²) in [5, 5.41) is 0.637. The molecule has 1 aromatic carbocycles. The molecule has 0 aromatic heterocycles. The Morgan fingerprint density at radius 1 is 1.56 bits per heavy atom. The number of nitrogens with two attached hydrogens (primary N) is 1. The smallest absolute Gasteiger partial charge is 0.150 e. The highest BCUT2D eigenvalue weighted by molar-refractivity contribution is 7.99. The molecule has 1 unspecified atom stereocenters. The lowest BCUT2D eigenvalue weighted by Crippen LogP contribution is -2.36. The molecule has 1 atom stereocenters. The van der Waals surface area contributed by atoms with E-state index in [0.29, 0.717) is 17.4 Å². The molecule has 0 bridgehead atoms. The second kappa shape index (κ2) is 5.06. The summed E-state index contributed by atoms with van der Waals surface area (Å²) in [5.41, 5.74) is 6.51. The van der Waals surface area contributed by atoms with Gasteiger partial charge >= 0.3 is 0 Å². The van der Waals surface area contributed by atoms with Gasteiger partial charge < -0.3 is 5.73 Å². The van der Waals surface area contributed by atoms with Gasteiger partial charge in [0, 0.05) is 36.2 Å². The Balaban J connectivity index is 2.05. The summed E-state index contributed by atoms with van der Waals surface area (Å²) in [6, 6.07) is 5.24. The lowest BCUT2D eigenvalue weighted by molar-refractivity contribution is 0.274. The van der Waals surface area contributed by atoms with E-state index >= 15 is 0 Å². The Hall–Kier alpha value is -0.740. The summed E-state index contributed by atoms with van der Waals surface area (Å²) >= 11 is 1.98. The van der Waals surface area contributed by atoms with Gasteiger partial charge in [0.2, 0.25) is 0 Å². The number of nitrogens with zero attached hydrogens (tertiary/aromatic N) is 1. The Bertz CT molecular complexity index is 370. The van der Waals surface area contributed by atoms with Gasteiger partial charge in [-0.1, -0.05) is 19.1 Å². The number of hydrogen-bond donors (Lipinski definition) is 1.